The zero-order chi connectivity index (χ0) is 14.9. The van der Waals surface area contributed by atoms with Crippen LogP contribution in [-0.4, -0.2) is 33.7 Å². The van der Waals surface area contributed by atoms with E-state index in [1.807, 2.05) is 0 Å². The van der Waals surface area contributed by atoms with Crippen molar-refractivity contribution in [2.24, 2.45) is 0 Å². The maximum Gasteiger partial charge on any atom is 0.242 e. The van der Waals surface area contributed by atoms with Crippen LogP contribution in [0.15, 0.2) is 14.7 Å². The largest absolute Gasteiger partial charge is 0.377 e. The van der Waals surface area contributed by atoms with Gasteiger partial charge < -0.3 is 10.1 Å². The summed E-state index contributed by atoms with van der Waals surface area (Å²) in [5.74, 6) is 0. The Kier molecular flexibility index (Phi) is 5.02. The van der Waals surface area contributed by atoms with Crippen molar-refractivity contribution in [2.75, 3.05) is 13.2 Å². The van der Waals surface area contributed by atoms with Gasteiger partial charge in [-0.15, -0.1) is 11.3 Å². The summed E-state index contributed by atoms with van der Waals surface area (Å²) in [6.07, 6.45) is 4.38. The minimum absolute atomic E-state index is 0.00758. The minimum Gasteiger partial charge on any atom is -0.377 e. The zero-order valence-electron chi connectivity index (χ0n) is 11.6. The molecule has 1 aromatic rings. The first-order valence-electron chi connectivity index (χ1n) is 7.17. The van der Waals surface area contributed by atoms with Crippen LogP contribution in [0.25, 0.3) is 0 Å². The van der Waals surface area contributed by atoms with Crippen molar-refractivity contribution in [1.29, 1.82) is 0 Å². The Morgan fingerprint density at radius 2 is 2.19 bits per heavy atom. The second-order valence-corrected chi connectivity index (χ2v) is 9.68. The van der Waals surface area contributed by atoms with Crippen LogP contribution in [0.1, 0.15) is 30.6 Å². The Morgan fingerprint density at radius 3 is 2.86 bits per heavy atom. The Bertz CT molecular complexity index is 593. The van der Waals surface area contributed by atoms with Gasteiger partial charge in [0, 0.05) is 30.6 Å². The van der Waals surface area contributed by atoms with Crippen molar-refractivity contribution in [3.8, 4) is 0 Å². The van der Waals surface area contributed by atoms with Crippen molar-refractivity contribution in [3.63, 3.8) is 0 Å². The fourth-order valence-electron chi connectivity index (χ4n) is 2.29. The fourth-order valence-corrected chi connectivity index (χ4v) is 5.98. The second-order valence-electron chi connectivity index (χ2n) is 5.49. The molecule has 1 aliphatic carbocycles. The van der Waals surface area contributed by atoms with E-state index >= 15 is 0 Å². The van der Waals surface area contributed by atoms with Gasteiger partial charge in [-0.25, -0.2) is 13.1 Å². The highest BCUT2D eigenvalue weighted by Crippen LogP contribution is 2.32. The van der Waals surface area contributed by atoms with E-state index in [2.05, 4.69) is 26.0 Å². The van der Waals surface area contributed by atoms with E-state index in [1.54, 1.807) is 6.07 Å². The lowest BCUT2D eigenvalue weighted by Gasteiger charge is -2.10. The predicted octanol–water partition coefficient (Wildman–Crippen LogP) is 2.22. The normalized spacial score (nSPS) is 22.8. The smallest absolute Gasteiger partial charge is 0.242 e. The first-order chi connectivity index (χ1) is 10.0. The third-order valence-corrected chi connectivity index (χ3v) is 7.34. The molecule has 1 atom stereocenters. The van der Waals surface area contributed by atoms with Crippen LogP contribution in [-0.2, 0) is 21.3 Å². The molecule has 2 aliphatic rings. The number of ether oxygens (including phenoxy) is 1. The molecule has 2 fully saturated rings. The van der Waals surface area contributed by atoms with E-state index in [-0.39, 0.29) is 6.10 Å². The van der Waals surface area contributed by atoms with E-state index in [9.17, 15) is 8.42 Å². The molecule has 1 unspecified atom stereocenters. The van der Waals surface area contributed by atoms with Crippen molar-refractivity contribution in [2.45, 2.75) is 49.3 Å². The molecule has 0 aromatic carbocycles. The second kappa shape index (κ2) is 6.64. The molecule has 118 valence electrons. The summed E-state index contributed by atoms with van der Waals surface area (Å²) in [7, 11) is -3.47. The van der Waals surface area contributed by atoms with E-state index in [0.29, 0.717) is 21.3 Å². The number of hydrogen-bond acceptors (Lipinski definition) is 5. The minimum atomic E-state index is -3.47. The van der Waals surface area contributed by atoms with Gasteiger partial charge in [0.25, 0.3) is 0 Å². The van der Waals surface area contributed by atoms with Crippen LogP contribution in [0.3, 0.4) is 0 Å². The molecule has 5 nitrogen and oxygen atoms in total. The van der Waals surface area contributed by atoms with Gasteiger partial charge in [-0.3, -0.25) is 0 Å². The van der Waals surface area contributed by atoms with Crippen molar-refractivity contribution < 1.29 is 13.2 Å². The first-order valence-corrected chi connectivity index (χ1v) is 10.3. The van der Waals surface area contributed by atoms with Crippen LogP contribution in [0, 0.1) is 0 Å². The fraction of sp³-hybridized carbons (Fsp3) is 0.692. The number of halogens is 1. The molecule has 21 heavy (non-hydrogen) atoms. The molecule has 1 saturated carbocycles. The third-order valence-electron chi connectivity index (χ3n) is 3.66. The van der Waals surface area contributed by atoms with Crippen molar-refractivity contribution >= 4 is 37.3 Å². The Labute approximate surface area is 137 Å². The summed E-state index contributed by atoms with van der Waals surface area (Å²) < 4.78 is 33.5. The van der Waals surface area contributed by atoms with E-state index in [4.69, 9.17) is 4.74 Å². The number of thiophene rings is 1. The molecular formula is C13H19BrN2O3S2. The Balaban J connectivity index is 1.62. The molecular weight excluding hydrogens is 376 g/mol. The molecule has 0 spiro atoms. The lowest BCUT2D eigenvalue weighted by molar-refractivity contribution is 0.114. The number of nitrogens with one attached hydrogen (secondary N) is 2. The standard InChI is InChI=1S/C13H19BrN2O3S2/c14-13-12(6-11(20-13)8-15-9-3-4-9)21(17,18)16-7-10-2-1-5-19-10/h6,9-10,15-16H,1-5,7-8H2. The van der Waals surface area contributed by atoms with Gasteiger partial charge in [0.2, 0.25) is 10.0 Å². The highest BCUT2D eigenvalue weighted by molar-refractivity contribution is 9.11. The predicted molar refractivity (Wildman–Crippen MR) is 86.0 cm³/mol. The molecule has 0 radical (unpaired) electrons. The molecule has 0 bridgehead atoms. The van der Waals surface area contributed by atoms with Crippen LogP contribution in [0.5, 0.6) is 0 Å². The van der Waals surface area contributed by atoms with Gasteiger partial charge in [-0.1, -0.05) is 0 Å². The van der Waals surface area contributed by atoms with Gasteiger partial charge in [-0.05, 0) is 47.7 Å². The Hall–Kier alpha value is 0.01000. The molecule has 8 heteroatoms. The molecule has 3 rings (SSSR count). The number of sulfonamides is 1. The molecule has 2 heterocycles. The van der Waals surface area contributed by atoms with Crippen LogP contribution in [0.2, 0.25) is 0 Å². The lowest BCUT2D eigenvalue weighted by Crippen LogP contribution is -2.31. The highest BCUT2D eigenvalue weighted by atomic mass is 79.9. The van der Waals surface area contributed by atoms with Crippen LogP contribution in [0.4, 0.5) is 0 Å². The van der Waals surface area contributed by atoms with Gasteiger partial charge in [0.05, 0.1) is 9.89 Å². The average Bonchev–Trinajstić information content (AvgIpc) is 2.97. The average molecular weight is 395 g/mol. The molecule has 0 amide bonds. The summed E-state index contributed by atoms with van der Waals surface area (Å²) in [4.78, 5) is 1.37. The molecule has 1 aromatic heterocycles. The van der Waals surface area contributed by atoms with E-state index in [1.165, 1.54) is 24.2 Å². The topological polar surface area (TPSA) is 67.4 Å². The summed E-state index contributed by atoms with van der Waals surface area (Å²) in [6, 6.07) is 2.37. The van der Waals surface area contributed by atoms with Crippen LogP contribution >= 0.6 is 27.3 Å². The van der Waals surface area contributed by atoms with E-state index < -0.39 is 10.0 Å². The summed E-state index contributed by atoms with van der Waals surface area (Å²) in [5.41, 5.74) is 0. The number of rotatable bonds is 7. The lowest BCUT2D eigenvalue weighted by atomic mass is 10.2. The van der Waals surface area contributed by atoms with Gasteiger partial charge in [0.15, 0.2) is 0 Å². The quantitative estimate of drug-likeness (QED) is 0.743. The number of hydrogen-bond donors (Lipinski definition) is 2. The van der Waals surface area contributed by atoms with Crippen LogP contribution < -0.4 is 10.0 Å². The van der Waals surface area contributed by atoms with Gasteiger partial charge in [-0.2, -0.15) is 0 Å². The first kappa shape index (κ1) is 15.9. The molecule has 1 saturated heterocycles. The maximum absolute atomic E-state index is 12.4. The SMILES string of the molecule is O=S(=O)(NCC1CCCO1)c1cc(CNC2CC2)sc1Br. The van der Waals surface area contributed by atoms with Gasteiger partial charge >= 0.3 is 0 Å². The summed E-state index contributed by atoms with van der Waals surface area (Å²) in [5, 5.41) is 3.40. The maximum atomic E-state index is 12.4. The van der Waals surface area contributed by atoms with Crippen molar-refractivity contribution in [3.05, 3.63) is 14.7 Å². The zero-order valence-corrected chi connectivity index (χ0v) is 14.8. The summed E-state index contributed by atoms with van der Waals surface area (Å²) in [6.45, 7) is 1.81. The Morgan fingerprint density at radius 1 is 1.38 bits per heavy atom. The summed E-state index contributed by atoms with van der Waals surface area (Å²) >= 11 is 4.84. The monoisotopic (exact) mass is 394 g/mol. The third kappa shape index (κ3) is 4.27. The van der Waals surface area contributed by atoms with E-state index in [0.717, 1.165) is 30.9 Å². The molecule has 1 aliphatic heterocycles. The highest BCUT2D eigenvalue weighted by Gasteiger charge is 2.25. The van der Waals surface area contributed by atoms with Gasteiger partial charge in [0.1, 0.15) is 4.90 Å². The molecule has 2 N–H and O–H groups in total. The van der Waals surface area contributed by atoms with Crippen molar-refractivity contribution in [1.82, 2.24) is 10.0 Å².